The van der Waals surface area contributed by atoms with Gasteiger partial charge < -0.3 is 13.7 Å². The third kappa shape index (κ3) is 5.85. The van der Waals surface area contributed by atoms with E-state index in [0.29, 0.717) is 0 Å². The molecule has 0 saturated heterocycles. The van der Waals surface area contributed by atoms with E-state index in [4.69, 9.17) is 8.83 Å². The maximum atomic E-state index is 6.67. The van der Waals surface area contributed by atoms with Crippen molar-refractivity contribution in [3.05, 3.63) is 212 Å². The summed E-state index contributed by atoms with van der Waals surface area (Å²) in [6, 6.07) is 75.0. The summed E-state index contributed by atoms with van der Waals surface area (Å²) >= 11 is 0. The van der Waals surface area contributed by atoms with Crippen LogP contribution in [-0.2, 0) is 0 Å². The molecule has 9 aromatic carbocycles. The summed E-state index contributed by atoms with van der Waals surface area (Å²) in [4.78, 5) is 2.32. The van der Waals surface area contributed by atoms with E-state index in [9.17, 15) is 0 Å². The Kier molecular flexibility index (Phi) is 7.82. The fourth-order valence-electron chi connectivity index (χ4n) is 8.27. The Morgan fingerprint density at radius 2 is 0.702 bits per heavy atom. The molecule has 57 heavy (non-hydrogen) atoms. The van der Waals surface area contributed by atoms with Gasteiger partial charge in [0, 0.05) is 39.0 Å². The molecule has 2 aromatic heterocycles. The normalized spacial score (nSPS) is 11.5. The number of para-hydroxylation sites is 1. The fourth-order valence-corrected chi connectivity index (χ4v) is 8.27. The third-order valence-corrected chi connectivity index (χ3v) is 11.1. The van der Waals surface area contributed by atoms with Crippen molar-refractivity contribution in [2.75, 3.05) is 4.90 Å². The smallest absolute Gasteiger partial charge is 0.138 e. The molecule has 0 fully saturated rings. The highest BCUT2D eigenvalue weighted by atomic mass is 16.3. The standard InChI is InChI=1S/C54H35NO2/c1-4-12-36(13-5-1)39-20-26-43(27-21-39)55(44-28-22-40(23-29-44)37-14-6-2-7-15-37)45-34-49(54-48-18-10-11-19-50(48)56-53(54)35-45)42-25-31-47-46-30-24-41(38-16-8-3-9-17-38)32-51(46)57-52(47)33-42/h1-35H. The van der Waals surface area contributed by atoms with Crippen LogP contribution in [0.5, 0.6) is 0 Å². The first-order valence-corrected chi connectivity index (χ1v) is 19.3. The van der Waals surface area contributed by atoms with E-state index in [0.717, 1.165) is 77.6 Å². The van der Waals surface area contributed by atoms with Crippen molar-refractivity contribution in [2.45, 2.75) is 0 Å². The van der Waals surface area contributed by atoms with Crippen LogP contribution in [0.2, 0.25) is 0 Å². The van der Waals surface area contributed by atoms with Crippen molar-refractivity contribution in [2.24, 2.45) is 0 Å². The van der Waals surface area contributed by atoms with E-state index in [2.05, 4.69) is 199 Å². The van der Waals surface area contributed by atoms with E-state index in [1.807, 2.05) is 18.2 Å². The average molecular weight is 730 g/mol. The van der Waals surface area contributed by atoms with Crippen LogP contribution in [0.4, 0.5) is 17.1 Å². The zero-order chi connectivity index (χ0) is 37.7. The minimum Gasteiger partial charge on any atom is -0.456 e. The molecule has 3 nitrogen and oxygen atoms in total. The molecule has 11 rings (SSSR count). The summed E-state index contributed by atoms with van der Waals surface area (Å²) in [5, 5.41) is 4.36. The number of furan rings is 2. The van der Waals surface area contributed by atoms with Crippen molar-refractivity contribution in [1.82, 2.24) is 0 Å². The lowest BCUT2D eigenvalue weighted by molar-refractivity contribution is 0.668. The fraction of sp³-hybridized carbons (Fsp3) is 0. The topological polar surface area (TPSA) is 29.5 Å². The molecule has 0 aliphatic carbocycles. The first kappa shape index (κ1) is 32.8. The van der Waals surface area contributed by atoms with Crippen LogP contribution in [0.3, 0.4) is 0 Å². The average Bonchev–Trinajstić information content (AvgIpc) is 3.85. The summed E-state index contributed by atoms with van der Waals surface area (Å²) in [6.07, 6.45) is 0. The second kappa shape index (κ2) is 13.6. The van der Waals surface area contributed by atoms with Crippen molar-refractivity contribution < 1.29 is 8.83 Å². The molecule has 0 N–H and O–H groups in total. The second-order valence-corrected chi connectivity index (χ2v) is 14.5. The number of hydrogen-bond donors (Lipinski definition) is 0. The van der Waals surface area contributed by atoms with Crippen LogP contribution in [0.25, 0.3) is 88.4 Å². The van der Waals surface area contributed by atoms with Gasteiger partial charge in [-0.05, 0) is 105 Å². The maximum Gasteiger partial charge on any atom is 0.138 e. The van der Waals surface area contributed by atoms with Crippen LogP contribution in [0.15, 0.2) is 221 Å². The first-order chi connectivity index (χ1) is 28.2. The Bertz CT molecular complexity index is 3120. The molecule has 0 unspecified atom stereocenters. The monoisotopic (exact) mass is 729 g/mol. The number of rotatable bonds is 7. The van der Waals surface area contributed by atoms with Crippen molar-refractivity contribution >= 4 is 60.9 Å². The van der Waals surface area contributed by atoms with Crippen LogP contribution >= 0.6 is 0 Å². The van der Waals surface area contributed by atoms with Crippen LogP contribution in [0.1, 0.15) is 0 Å². The predicted molar refractivity (Wildman–Crippen MR) is 237 cm³/mol. The van der Waals surface area contributed by atoms with Gasteiger partial charge in [-0.3, -0.25) is 0 Å². The molecule has 0 saturated carbocycles. The van der Waals surface area contributed by atoms with Gasteiger partial charge in [0.15, 0.2) is 0 Å². The van der Waals surface area contributed by atoms with Crippen molar-refractivity contribution in [3.8, 4) is 44.5 Å². The molecule has 0 radical (unpaired) electrons. The van der Waals surface area contributed by atoms with Gasteiger partial charge in [0.2, 0.25) is 0 Å². The Morgan fingerprint density at radius 3 is 1.28 bits per heavy atom. The molecule has 0 aliphatic rings. The quantitative estimate of drug-likeness (QED) is 0.164. The van der Waals surface area contributed by atoms with E-state index >= 15 is 0 Å². The zero-order valence-electron chi connectivity index (χ0n) is 31.0. The first-order valence-electron chi connectivity index (χ1n) is 19.3. The second-order valence-electron chi connectivity index (χ2n) is 14.5. The summed E-state index contributed by atoms with van der Waals surface area (Å²) in [6.45, 7) is 0. The number of nitrogens with zero attached hydrogens (tertiary/aromatic N) is 1. The molecule has 0 bridgehead atoms. The SMILES string of the molecule is c1ccc(-c2ccc(N(c3ccc(-c4ccccc4)cc3)c3cc(-c4ccc5c(c4)oc4cc(-c6ccccc6)ccc45)c4c(c3)oc3ccccc34)cc2)cc1. The van der Waals surface area contributed by atoms with Gasteiger partial charge in [-0.1, -0.05) is 146 Å². The Hall–Kier alpha value is -7.62. The summed E-state index contributed by atoms with van der Waals surface area (Å²) in [7, 11) is 0. The molecule has 11 aromatic rings. The van der Waals surface area contributed by atoms with Crippen molar-refractivity contribution in [3.63, 3.8) is 0 Å². The van der Waals surface area contributed by atoms with E-state index in [1.165, 1.54) is 27.8 Å². The molecule has 0 aliphatic heterocycles. The number of hydrogen-bond acceptors (Lipinski definition) is 3. The maximum absolute atomic E-state index is 6.67. The van der Waals surface area contributed by atoms with Gasteiger partial charge in [-0.2, -0.15) is 0 Å². The highest BCUT2D eigenvalue weighted by Gasteiger charge is 2.21. The molecule has 268 valence electrons. The van der Waals surface area contributed by atoms with Gasteiger partial charge in [-0.15, -0.1) is 0 Å². The lowest BCUT2D eigenvalue weighted by Crippen LogP contribution is -2.10. The molecular formula is C54H35NO2. The number of anilines is 3. The Morgan fingerprint density at radius 1 is 0.263 bits per heavy atom. The van der Waals surface area contributed by atoms with Gasteiger partial charge in [0.25, 0.3) is 0 Å². The van der Waals surface area contributed by atoms with Gasteiger partial charge in [0.05, 0.1) is 5.69 Å². The third-order valence-electron chi connectivity index (χ3n) is 11.1. The molecule has 3 heteroatoms. The van der Waals surface area contributed by atoms with E-state index in [-0.39, 0.29) is 0 Å². The minimum absolute atomic E-state index is 0.827. The van der Waals surface area contributed by atoms with Gasteiger partial charge in [0.1, 0.15) is 22.3 Å². The zero-order valence-corrected chi connectivity index (χ0v) is 31.0. The van der Waals surface area contributed by atoms with Gasteiger partial charge >= 0.3 is 0 Å². The lowest BCUT2D eigenvalue weighted by Gasteiger charge is -2.26. The molecule has 0 atom stereocenters. The van der Waals surface area contributed by atoms with Crippen LogP contribution in [-0.4, -0.2) is 0 Å². The number of benzene rings is 9. The van der Waals surface area contributed by atoms with Crippen LogP contribution < -0.4 is 4.90 Å². The molecular weight excluding hydrogens is 695 g/mol. The summed E-state index contributed by atoms with van der Waals surface area (Å²) < 4.78 is 13.3. The number of fused-ring (bicyclic) bond motifs is 6. The Balaban J connectivity index is 1.09. The molecule has 0 amide bonds. The van der Waals surface area contributed by atoms with E-state index < -0.39 is 0 Å². The lowest BCUT2D eigenvalue weighted by atomic mass is 9.96. The summed E-state index contributed by atoms with van der Waals surface area (Å²) in [5.74, 6) is 0. The van der Waals surface area contributed by atoms with E-state index in [1.54, 1.807) is 0 Å². The predicted octanol–water partition coefficient (Wildman–Crippen LogP) is 15.6. The van der Waals surface area contributed by atoms with Crippen molar-refractivity contribution in [1.29, 1.82) is 0 Å². The van der Waals surface area contributed by atoms with Crippen LogP contribution in [0, 0.1) is 0 Å². The van der Waals surface area contributed by atoms with Gasteiger partial charge in [-0.25, -0.2) is 0 Å². The molecule has 2 heterocycles. The highest BCUT2D eigenvalue weighted by Crippen LogP contribution is 2.45. The largest absolute Gasteiger partial charge is 0.456 e. The molecule has 0 spiro atoms. The Labute approximate surface area is 330 Å². The minimum atomic E-state index is 0.827. The summed E-state index contributed by atoms with van der Waals surface area (Å²) in [5.41, 5.74) is 15.6. The highest BCUT2D eigenvalue weighted by molar-refractivity contribution is 6.15.